The van der Waals surface area contributed by atoms with Gasteiger partial charge in [0.15, 0.2) is 0 Å². The number of anilines is 1. The van der Waals surface area contributed by atoms with Crippen LogP contribution in [0, 0.1) is 5.92 Å². The first-order chi connectivity index (χ1) is 6.02. The van der Waals surface area contributed by atoms with Crippen molar-refractivity contribution in [2.75, 3.05) is 5.73 Å². The summed E-state index contributed by atoms with van der Waals surface area (Å²) in [6.45, 7) is 3.89. The maximum atomic E-state index is 9.75. The predicted octanol–water partition coefficient (Wildman–Crippen LogP) is 2.61. The molecule has 1 aromatic carbocycles. The molecule has 0 saturated heterocycles. The van der Waals surface area contributed by atoms with Crippen LogP contribution in [-0.4, -0.2) is 5.11 Å². The van der Waals surface area contributed by atoms with Gasteiger partial charge in [0.25, 0.3) is 0 Å². The monoisotopic (exact) mass is 199 g/mol. The fourth-order valence-electron chi connectivity index (χ4n) is 1.17. The van der Waals surface area contributed by atoms with Gasteiger partial charge in [0.1, 0.15) is 0 Å². The van der Waals surface area contributed by atoms with Gasteiger partial charge in [-0.15, -0.1) is 0 Å². The van der Waals surface area contributed by atoms with Gasteiger partial charge >= 0.3 is 0 Å². The van der Waals surface area contributed by atoms with Crippen molar-refractivity contribution in [3.05, 3.63) is 28.8 Å². The van der Waals surface area contributed by atoms with E-state index in [0.29, 0.717) is 10.7 Å². The Kier molecular flexibility index (Phi) is 3.17. The quantitative estimate of drug-likeness (QED) is 0.720. The van der Waals surface area contributed by atoms with E-state index in [1.54, 1.807) is 18.2 Å². The van der Waals surface area contributed by atoms with Crippen LogP contribution in [0.3, 0.4) is 0 Å². The molecule has 0 amide bonds. The van der Waals surface area contributed by atoms with Crippen LogP contribution in [0.5, 0.6) is 0 Å². The Morgan fingerprint density at radius 1 is 1.38 bits per heavy atom. The molecular weight excluding hydrogens is 186 g/mol. The number of halogens is 1. The summed E-state index contributed by atoms with van der Waals surface area (Å²) >= 11 is 5.74. The Morgan fingerprint density at radius 3 is 2.46 bits per heavy atom. The molecule has 2 nitrogen and oxygen atoms in total. The van der Waals surface area contributed by atoms with E-state index >= 15 is 0 Å². The number of nitrogens with two attached hydrogens (primary N) is 1. The lowest BCUT2D eigenvalue weighted by Gasteiger charge is -2.16. The van der Waals surface area contributed by atoms with Crippen LogP contribution in [-0.2, 0) is 0 Å². The minimum absolute atomic E-state index is 0.156. The van der Waals surface area contributed by atoms with Crippen molar-refractivity contribution < 1.29 is 5.11 Å². The fourth-order valence-corrected chi connectivity index (χ4v) is 1.35. The number of aliphatic hydroxyl groups is 1. The first kappa shape index (κ1) is 10.4. The van der Waals surface area contributed by atoms with Gasteiger partial charge in [0, 0.05) is 16.3 Å². The summed E-state index contributed by atoms with van der Waals surface area (Å²) in [7, 11) is 0. The van der Waals surface area contributed by atoms with Crippen LogP contribution in [0.2, 0.25) is 5.02 Å². The summed E-state index contributed by atoms with van der Waals surface area (Å²) in [5.41, 5.74) is 7.01. The van der Waals surface area contributed by atoms with E-state index < -0.39 is 6.10 Å². The second-order valence-electron chi connectivity index (χ2n) is 3.46. The molecule has 0 aliphatic carbocycles. The lowest BCUT2D eigenvalue weighted by atomic mass is 9.98. The number of hydrogen-bond acceptors (Lipinski definition) is 2. The predicted molar refractivity (Wildman–Crippen MR) is 55.7 cm³/mol. The van der Waals surface area contributed by atoms with Crippen molar-refractivity contribution in [3.63, 3.8) is 0 Å². The molecule has 1 unspecified atom stereocenters. The van der Waals surface area contributed by atoms with E-state index in [4.69, 9.17) is 17.3 Å². The molecule has 1 aromatic rings. The van der Waals surface area contributed by atoms with Gasteiger partial charge in [-0.3, -0.25) is 0 Å². The summed E-state index contributed by atoms with van der Waals surface area (Å²) in [5, 5.41) is 10.3. The van der Waals surface area contributed by atoms with Crippen molar-refractivity contribution >= 4 is 17.3 Å². The highest BCUT2D eigenvalue weighted by Gasteiger charge is 2.14. The summed E-state index contributed by atoms with van der Waals surface area (Å²) in [6.07, 6.45) is -0.516. The molecule has 72 valence electrons. The highest BCUT2D eigenvalue weighted by molar-refractivity contribution is 6.30. The SMILES string of the molecule is CC(C)C(O)c1ccc(Cl)cc1N. The van der Waals surface area contributed by atoms with E-state index in [9.17, 15) is 5.11 Å². The zero-order chi connectivity index (χ0) is 10.0. The van der Waals surface area contributed by atoms with Crippen molar-refractivity contribution in [2.45, 2.75) is 20.0 Å². The topological polar surface area (TPSA) is 46.2 Å². The van der Waals surface area contributed by atoms with Crippen LogP contribution in [0.15, 0.2) is 18.2 Å². The van der Waals surface area contributed by atoms with Gasteiger partial charge in [-0.1, -0.05) is 31.5 Å². The minimum atomic E-state index is -0.516. The standard InChI is InChI=1S/C10H14ClNO/c1-6(2)10(13)8-4-3-7(11)5-9(8)12/h3-6,10,13H,12H2,1-2H3. The third kappa shape index (κ3) is 2.36. The van der Waals surface area contributed by atoms with Crippen LogP contribution >= 0.6 is 11.6 Å². The Bertz CT molecular complexity index is 299. The average Bonchev–Trinajstić information content (AvgIpc) is 2.03. The van der Waals surface area contributed by atoms with Crippen LogP contribution in [0.1, 0.15) is 25.5 Å². The van der Waals surface area contributed by atoms with E-state index in [-0.39, 0.29) is 5.92 Å². The van der Waals surface area contributed by atoms with Crippen molar-refractivity contribution in [3.8, 4) is 0 Å². The maximum Gasteiger partial charge on any atom is 0.0832 e. The molecule has 0 aliphatic rings. The average molecular weight is 200 g/mol. The largest absolute Gasteiger partial charge is 0.398 e. The van der Waals surface area contributed by atoms with Crippen LogP contribution in [0.4, 0.5) is 5.69 Å². The van der Waals surface area contributed by atoms with Gasteiger partial charge in [-0.2, -0.15) is 0 Å². The molecule has 3 N–H and O–H groups in total. The molecule has 0 fully saturated rings. The molecule has 0 radical (unpaired) electrons. The molecule has 0 saturated carbocycles. The number of nitrogen functional groups attached to an aromatic ring is 1. The summed E-state index contributed by atoms with van der Waals surface area (Å²) < 4.78 is 0. The van der Waals surface area contributed by atoms with Gasteiger partial charge in [0.2, 0.25) is 0 Å². The zero-order valence-electron chi connectivity index (χ0n) is 7.79. The van der Waals surface area contributed by atoms with E-state index in [0.717, 1.165) is 5.56 Å². The maximum absolute atomic E-state index is 9.75. The van der Waals surface area contributed by atoms with Gasteiger partial charge < -0.3 is 10.8 Å². The number of hydrogen-bond donors (Lipinski definition) is 2. The fraction of sp³-hybridized carbons (Fsp3) is 0.400. The molecule has 13 heavy (non-hydrogen) atoms. The van der Waals surface area contributed by atoms with Crippen molar-refractivity contribution in [1.82, 2.24) is 0 Å². The zero-order valence-corrected chi connectivity index (χ0v) is 8.55. The molecule has 0 heterocycles. The van der Waals surface area contributed by atoms with E-state index in [1.807, 2.05) is 13.8 Å². The first-order valence-electron chi connectivity index (χ1n) is 4.25. The van der Waals surface area contributed by atoms with Crippen LogP contribution < -0.4 is 5.73 Å². The Balaban J connectivity index is 3.01. The molecule has 1 rings (SSSR count). The highest BCUT2D eigenvalue weighted by atomic mass is 35.5. The lowest BCUT2D eigenvalue weighted by Crippen LogP contribution is -2.08. The molecular formula is C10H14ClNO. The van der Waals surface area contributed by atoms with Crippen molar-refractivity contribution in [2.24, 2.45) is 5.92 Å². The second kappa shape index (κ2) is 3.99. The summed E-state index contributed by atoms with van der Waals surface area (Å²) in [6, 6.07) is 5.16. The molecule has 0 bridgehead atoms. The van der Waals surface area contributed by atoms with E-state index in [2.05, 4.69) is 0 Å². The third-order valence-corrected chi connectivity index (χ3v) is 2.23. The summed E-state index contributed by atoms with van der Waals surface area (Å²) in [4.78, 5) is 0. The number of aliphatic hydroxyl groups excluding tert-OH is 1. The van der Waals surface area contributed by atoms with E-state index in [1.165, 1.54) is 0 Å². The number of benzene rings is 1. The second-order valence-corrected chi connectivity index (χ2v) is 3.90. The highest BCUT2D eigenvalue weighted by Crippen LogP contribution is 2.28. The lowest BCUT2D eigenvalue weighted by molar-refractivity contribution is 0.127. The van der Waals surface area contributed by atoms with Gasteiger partial charge in [-0.25, -0.2) is 0 Å². The van der Waals surface area contributed by atoms with Gasteiger partial charge in [-0.05, 0) is 18.1 Å². The molecule has 0 aliphatic heterocycles. The van der Waals surface area contributed by atoms with Crippen molar-refractivity contribution in [1.29, 1.82) is 0 Å². The Hall–Kier alpha value is -0.730. The van der Waals surface area contributed by atoms with Gasteiger partial charge in [0.05, 0.1) is 6.10 Å². The Morgan fingerprint density at radius 2 is 2.00 bits per heavy atom. The molecule has 0 aromatic heterocycles. The molecule has 3 heteroatoms. The normalized spacial score (nSPS) is 13.3. The molecule has 1 atom stereocenters. The first-order valence-corrected chi connectivity index (χ1v) is 4.63. The minimum Gasteiger partial charge on any atom is -0.398 e. The molecule has 0 spiro atoms. The summed E-state index contributed by atoms with van der Waals surface area (Å²) in [5.74, 6) is 0.156. The smallest absolute Gasteiger partial charge is 0.0832 e. The van der Waals surface area contributed by atoms with Crippen LogP contribution in [0.25, 0.3) is 0 Å². The third-order valence-electron chi connectivity index (χ3n) is 2.00. The Labute approximate surface area is 83.3 Å². The number of rotatable bonds is 2.